The smallest absolute Gasteiger partial charge is 0.396 e. The molecule has 1 fully saturated rings. The van der Waals surface area contributed by atoms with Crippen LogP contribution in [0.4, 0.5) is 18.9 Å². The van der Waals surface area contributed by atoms with Gasteiger partial charge in [-0.15, -0.1) is 0 Å². The third kappa shape index (κ3) is 3.89. The zero-order chi connectivity index (χ0) is 15.5. The van der Waals surface area contributed by atoms with Crippen LogP contribution < -0.4 is 10.2 Å². The van der Waals surface area contributed by atoms with Crippen LogP contribution in [0.15, 0.2) is 18.2 Å². The van der Waals surface area contributed by atoms with E-state index in [0.29, 0.717) is 18.8 Å². The van der Waals surface area contributed by atoms with Crippen LogP contribution >= 0.6 is 0 Å². The maximum atomic E-state index is 13.2. The van der Waals surface area contributed by atoms with E-state index >= 15 is 0 Å². The Bertz CT molecular complexity index is 468. The number of anilines is 1. The van der Waals surface area contributed by atoms with Gasteiger partial charge < -0.3 is 15.3 Å². The van der Waals surface area contributed by atoms with E-state index < -0.39 is 11.7 Å². The van der Waals surface area contributed by atoms with Crippen molar-refractivity contribution in [1.29, 1.82) is 0 Å². The molecule has 3 nitrogen and oxygen atoms in total. The first kappa shape index (κ1) is 16.1. The molecule has 0 bridgehead atoms. The summed E-state index contributed by atoms with van der Waals surface area (Å²) >= 11 is 0. The molecule has 0 spiro atoms. The standard InChI is InChI=1S/C15H21F3N2O/c1-19-9-12-2-3-13(8-14(12)15(16,17)18)20-6-4-11(10-21)5-7-20/h2-3,8,11,19,21H,4-7,9-10H2,1H3. The predicted octanol–water partition coefficient (Wildman–Crippen LogP) is 2.63. The number of rotatable bonds is 4. The van der Waals surface area contributed by atoms with Crippen molar-refractivity contribution in [2.75, 3.05) is 31.6 Å². The second kappa shape index (κ2) is 6.66. The highest BCUT2D eigenvalue weighted by molar-refractivity contribution is 5.52. The van der Waals surface area contributed by atoms with Crippen LogP contribution in [0.5, 0.6) is 0 Å². The van der Waals surface area contributed by atoms with Crippen molar-refractivity contribution in [2.24, 2.45) is 5.92 Å². The molecular formula is C15H21F3N2O. The molecule has 1 heterocycles. The Morgan fingerprint density at radius 2 is 1.95 bits per heavy atom. The Kier molecular flexibility index (Phi) is 5.11. The lowest BCUT2D eigenvalue weighted by atomic mass is 9.97. The molecule has 0 aliphatic carbocycles. The van der Waals surface area contributed by atoms with Crippen LogP contribution in [0, 0.1) is 5.92 Å². The Morgan fingerprint density at radius 1 is 1.29 bits per heavy atom. The van der Waals surface area contributed by atoms with Gasteiger partial charge >= 0.3 is 6.18 Å². The number of hydrogen-bond acceptors (Lipinski definition) is 3. The summed E-state index contributed by atoms with van der Waals surface area (Å²) in [6, 6.07) is 4.54. The molecule has 6 heteroatoms. The molecule has 1 saturated heterocycles. The molecule has 0 amide bonds. The van der Waals surface area contributed by atoms with E-state index in [1.165, 1.54) is 6.07 Å². The number of nitrogens with zero attached hydrogens (tertiary/aromatic N) is 1. The summed E-state index contributed by atoms with van der Waals surface area (Å²) in [6.45, 7) is 1.73. The minimum absolute atomic E-state index is 0.156. The number of hydrogen-bond donors (Lipinski definition) is 2. The van der Waals surface area contributed by atoms with E-state index in [0.717, 1.165) is 12.8 Å². The Balaban J connectivity index is 2.22. The zero-order valence-electron chi connectivity index (χ0n) is 12.1. The van der Waals surface area contributed by atoms with E-state index in [9.17, 15) is 13.2 Å². The van der Waals surface area contributed by atoms with Crippen LogP contribution in [0.2, 0.25) is 0 Å². The highest BCUT2D eigenvalue weighted by Crippen LogP contribution is 2.35. The molecule has 0 aromatic heterocycles. The van der Waals surface area contributed by atoms with Gasteiger partial charge in [0.1, 0.15) is 0 Å². The monoisotopic (exact) mass is 302 g/mol. The van der Waals surface area contributed by atoms with Gasteiger partial charge in [-0.05, 0) is 43.5 Å². The highest BCUT2D eigenvalue weighted by atomic mass is 19.4. The van der Waals surface area contributed by atoms with Gasteiger partial charge in [-0.2, -0.15) is 13.2 Å². The fraction of sp³-hybridized carbons (Fsp3) is 0.600. The molecule has 21 heavy (non-hydrogen) atoms. The second-order valence-corrected chi connectivity index (χ2v) is 5.48. The molecule has 1 aliphatic rings. The Hall–Kier alpha value is -1.27. The number of piperidine rings is 1. The molecule has 2 N–H and O–H groups in total. The number of halogens is 3. The molecule has 118 valence electrons. The number of aliphatic hydroxyl groups is 1. The van der Waals surface area contributed by atoms with Crippen molar-refractivity contribution >= 4 is 5.69 Å². The number of nitrogens with one attached hydrogen (secondary N) is 1. The summed E-state index contributed by atoms with van der Waals surface area (Å²) in [7, 11) is 1.63. The van der Waals surface area contributed by atoms with Gasteiger partial charge in [-0.25, -0.2) is 0 Å². The lowest BCUT2D eigenvalue weighted by Crippen LogP contribution is -2.35. The third-order valence-corrected chi connectivity index (χ3v) is 4.00. The van der Waals surface area contributed by atoms with Crippen molar-refractivity contribution < 1.29 is 18.3 Å². The van der Waals surface area contributed by atoms with E-state index in [1.54, 1.807) is 19.2 Å². The average Bonchev–Trinajstić information content (AvgIpc) is 2.47. The average molecular weight is 302 g/mol. The number of aliphatic hydroxyl groups excluding tert-OH is 1. The molecule has 1 aliphatic heterocycles. The summed E-state index contributed by atoms with van der Waals surface area (Å²) in [5.41, 5.74) is 0.302. The van der Waals surface area contributed by atoms with Crippen LogP contribution in [0.25, 0.3) is 0 Å². The van der Waals surface area contributed by atoms with Gasteiger partial charge in [0.05, 0.1) is 5.56 Å². The first-order valence-corrected chi connectivity index (χ1v) is 7.16. The van der Waals surface area contributed by atoms with E-state index in [4.69, 9.17) is 5.11 Å². The maximum Gasteiger partial charge on any atom is 0.416 e. The minimum Gasteiger partial charge on any atom is -0.396 e. The predicted molar refractivity (Wildman–Crippen MR) is 76.2 cm³/mol. The molecule has 2 rings (SSSR count). The molecular weight excluding hydrogens is 281 g/mol. The lowest BCUT2D eigenvalue weighted by molar-refractivity contribution is -0.138. The first-order valence-electron chi connectivity index (χ1n) is 7.16. The summed E-state index contributed by atoms with van der Waals surface area (Å²) < 4.78 is 39.5. The van der Waals surface area contributed by atoms with Gasteiger partial charge in [0.15, 0.2) is 0 Å². The van der Waals surface area contributed by atoms with Gasteiger partial charge in [0, 0.05) is 31.9 Å². The topological polar surface area (TPSA) is 35.5 Å². The van der Waals surface area contributed by atoms with E-state index in [1.807, 2.05) is 4.90 Å². The molecule has 0 saturated carbocycles. The Morgan fingerprint density at radius 3 is 2.48 bits per heavy atom. The zero-order valence-corrected chi connectivity index (χ0v) is 12.1. The van der Waals surface area contributed by atoms with E-state index in [-0.39, 0.29) is 24.6 Å². The van der Waals surface area contributed by atoms with Gasteiger partial charge in [-0.1, -0.05) is 6.07 Å². The first-order chi connectivity index (χ1) is 9.95. The summed E-state index contributed by atoms with van der Waals surface area (Å²) in [5.74, 6) is 0.270. The van der Waals surface area contributed by atoms with Crippen LogP contribution in [-0.2, 0) is 12.7 Å². The van der Waals surface area contributed by atoms with Crippen LogP contribution in [0.3, 0.4) is 0 Å². The summed E-state index contributed by atoms with van der Waals surface area (Å²) in [4.78, 5) is 1.96. The van der Waals surface area contributed by atoms with Gasteiger partial charge in [0.25, 0.3) is 0 Å². The largest absolute Gasteiger partial charge is 0.416 e. The number of benzene rings is 1. The highest BCUT2D eigenvalue weighted by Gasteiger charge is 2.34. The molecule has 0 atom stereocenters. The van der Waals surface area contributed by atoms with Crippen molar-refractivity contribution in [1.82, 2.24) is 5.32 Å². The SMILES string of the molecule is CNCc1ccc(N2CCC(CO)CC2)cc1C(F)(F)F. The molecule has 1 aromatic carbocycles. The van der Waals surface area contributed by atoms with Gasteiger partial charge in [0.2, 0.25) is 0 Å². The van der Waals surface area contributed by atoms with Crippen LogP contribution in [0.1, 0.15) is 24.0 Å². The normalized spacial score (nSPS) is 17.3. The van der Waals surface area contributed by atoms with Crippen molar-refractivity contribution in [2.45, 2.75) is 25.6 Å². The lowest BCUT2D eigenvalue weighted by Gasteiger charge is -2.33. The number of alkyl halides is 3. The summed E-state index contributed by atoms with van der Waals surface area (Å²) in [5, 5.41) is 11.9. The van der Waals surface area contributed by atoms with Gasteiger partial charge in [-0.3, -0.25) is 0 Å². The maximum absolute atomic E-state index is 13.2. The van der Waals surface area contributed by atoms with Crippen molar-refractivity contribution in [3.05, 3.63) is 29.3 Å². The summed E-state index contributed by atoms with van der Waals surface area (Å²) in [6.07, 6.45) is -2.71. The van der Waals surface area contributed by atoms with Crippen molar-refractivity contribution in [3.8, 4) is 0 Å². The quantitative estimate of drug-likeness (QED) is 0.897. The second-order valence-electron chi connectivity index (χ2n) is 5.48. The minimum atomic E-state index is -4.34. The molecule has 0 unspecified atom stereocenters. The fourth-order valence-electron chi connectivity index (χ4n) is 2.74. The van der Waals surface area contributed by atoms with Crippen LogP contribution in [-0.4, -0.2) is 31.9 Å². The van der Waals surface area contributed by atoms with Crippen molar-refractivity contribution in [3.63, 3.8) is 0 Å². The Labute approximate surface area is 122 Å². The van der Waals surface area contributed by atoms with E-state index in [2.05, 4.69) is 5.32 Å². The molecule has 1 aromatic rings. The molecule has 0 radical (unpaired) electrons. The fourth-order valence-corrected chi connectivity index (χ4v) is 2.74. The third-order valence-electron chi connectivity index (χ3n) is 4.00.